The van der Waals surface area contributed by atoms with Gasteiger partial charge in [0.15, 0.2) is 22.8 Å². The standard InChI is InChI=1S/C24H30ClFO5/c1-4-20(30)31-23(19(29)13-25)10-8-16-17-6-5-14-11-15(27)7-9-21(14,2)24(17,26)18(28)12-22(16,23)3/h7,9,11,16-18,28H,4-6,8,10,12-13H2,1-3H3/t16-,17-,18?,21-,22-,23-,24-/m0/s1. The summed E-state index contributed by atoms with van der Waals surface area (Å²) in [5.74, 6) is -2.15. The van der Waals surface area contributed by atoms with E-state index < -0.39 is 40.1 Å². The molecule has 1 N–H and O–H groups in total. The molecule has 7 heteroatoms. The molecule has 0 heterocycles. The minimum Gasteiger partial charge on any atom is -0.450 e. The van der Waals surface area contributed by atoms with E-state index in [2.05, 4.69) is 0 Å². The summed E-state index contributed by atoms with van der Waals surface area (Å²) in [5, 5.41) is 11.3. The second-order valence-electron chi connectivity index (χ2n) is 10.0. The van der Waals surface area contributed by atoms with Gasteiger partial charge in [0.1, 0.15) is 0 Å². The van der Waals surface area contributed by atoms with Crippen molar-refractivity contribution in [3.63, 3.8) is 0 Å². The summed E-state index contributed by atoms with van der Waals surface area (Å²) in [7, 11) is 0. The zero-order chi connectivity index (χ0) is 22.8. The van der Waals surface area contributed by atoms with Crippen LogP contribution in [0.5, 0.6) is 0 Å². The number of ether oxygens (including phenoxy) is 1. The molecule has 5 nitrogen and oxygen atoms in total. The van der Waals surface area contributed by atoms with Gasteiger partial charge in [-0.3, -0.25) is 14.4 Å². The molecule has 4 aliphatic rings. The van der Waals surface area contributed by atoms with Gasteiger partial charge >= 0.3 is 5.97 Å². The maximum atomic E-state index is 17.1. The third-order valence-corrected chi connectivity index (χ3v) is 9.15. The Morgan fingerprint density at radius 2 is 2.00 bits per heavy atom. The number of alkyl halides is 2. The van der Waals surface area contributed by atoms with Crippen LogP contribution in [0.15, 0.2) is 23.8 Å². The van der Waals surface area contributed by atoms with E-state index in [1.165, 1.54) is 12.2 Å². The number of hydrogen-bond donors (Lipinski definition) is 1. The van der Waals surface area contributed by atoms with Gasteiger partial charge < -0.3 is 9.84 Å². The van der Waals surface area contributed by atoms with E-state index in [1.807, 2.05) is 6.92 Å². The molecule has 3 fully saturated rings. The van der Waals surface area contributed by atoms with Crippen molar-refractivity contribution in [1.82, 2.24) is 0 Å². The lowest BCUT2D eigenvalue weighted by molar-refractivity contribution is -0.224. The lowest BCUT2D eigenvalue weighted by Gasteiger charge is -2.62. The summed E-state index contributed by atoms with van der Waals surface area (Å²) in [6, 6.07) is 0. The molecule has 0 radical (unpaired) electrons. The van der Waals surface area contributed by atoms with E-state index >= 15 is 4.39 Å². The number of rotatable bonds is 4. The van der Waals surface area contributed by atoms with Crippen LogP contribution in [0.2, 0.25) is 0 Å². The molecule has 4 rings (SSSR count). The van der Waals surface area contributed by atoms with E-state index in [9.17, 15) is 19.5 Å². The first kappa shape index (κ1) is 22.7. The molecule has 1 unspecified atom stereocenters. The number of esters is 1. The van der Waals surface area contributed by atoms with Gasteiger partial charge in [0.2, 0.25) is 0 Å². The SMILES string of the molecule is CCC(=O)O[C@]1(C(=O)CCl)CC[C@H]2[C@@H]3CCC4=CC(=O)C=C[C@]4(C)[C@@]3(F)C(O)C[C@@]21C. The number of aliphatic hydroxyl groups is 1. The molecule has 170 valence electrons. The normalized spacial score (nSPS) is 45.9. The predicted octanol–water partition coefficient (Wildman–Crippen LogP) is 3.86. The Labute approximate surface area is 187 Å². The molecule has 0 aliphatic heterocycles. The summed E-state index contributed by atoms with van der Waals surface area (Å²) >= 11 is 5.94. The van der Waals surface area contributed by atoms with E-state index in [0.717, 1.165) is 0 Å². The van der Waals surface area contributed by atoms with Crippen LogP contribution in [0, 0.1) is 22.7 Å². The van der Waals surface area contributed by atoms with Crippen molar-refractivity contribution >= 4 is 29.1 Å². The number of halogens is 2. The maximum Gasteiger partial charge on any atom is 0.306 e. The van der Waals surface area contributed by atoms with E-state index in [0.29, 0.717) is 24.8 Å². The van der Waals surface area contributed by atoms with Crippen molar-refractivity contribution in [2.24, 2.45) is 22.7 Å². The third-order valence-electron chi connectivity index (χ3n) is 8.91. The second-order valence-corrected chi connectivity index (χ2v) is 10.3. The van der Waals surface area contributed by atoms with Gasteiger partial charge in [-0.15, -0.1) is 11.6 Å². The Bertz CT molecular complexity index is 898. The fourth-order valence-electron chi connectivity index (χ4n) is 7.26. The van der Waals surface area contributed by atoms with Crippen LogP contribution >= 0.6 is 11.6 Å². The number of Topliss-reactive ketones (excluding diaryl/α,β-unsaturated/α-hetero) is 1. The smallest absolute Gasteiger partial charge is 0.306 e. The molecule has 31 heavy (non-hydrogen) atoms. The maximum absolute atomic E-state index is 17.1. The molecule has 0 aromatic rings. The van der Waals surface area contributed by atoms with Gasteiger partial charge in [0, 0.05) is 23.2 Å². The summed E-state index contributed by atoms with van der Waals surface area (Å²) in [4.78, 5) is 37.3. The number of aliphatic hydroxyl groups excluding tert-OH is 1. The van der Waals surface area contributed by atoms with Crippen molar-refractivity contribution < 1.29 is 28.6 Å². The van der Waals surface area contributed by atoms with E-state index in [4.69, 9.17) is 16.3 Å². The van der Waals surface area contributed by atoms with Gasteiger partial charge in [-0.05, 0) is 57.1 Å². The average molecular weight is 453 g/mol. The lowest BCUT2D eigenvalue weighted by Crippen LogP contribution is -2.69. The highest BCUT2D eigenvalue weighted by atomic mass is 35.5. The fourth-order valence-corrected chi connectivity index (χ4v) is 7.47. The molecule has 0 saturated heterocycles. The van der Waals surface area contributed by atoms with Gasteiger partial charge in [-0.1, -0.05) is 25.5 Å². The zero-order valence-electron chi connectivity index (χ0n) is 18.2. The van der Waals surface area contributed by atoms with Crippen LogP contribution in [0.4, 0.5) is 4.39 Å². The summed E-state index contributed by atoms with van der Waals surface area (Å²) in [6.45, 7) is 5.25. The molecule has 0 bridgehead atoms. The van der Waals surface area contributed by atoms with E-state index in [1.54, 1.807) is 19.9 Å². The number of allylic oxidation sites excluding steroid dienone is 4. The lowest BCUT2D eigenvalue weighted by atomic mass is 9.44. The first-order valence-electron chi connectivity index (χ1n) is 11.1. The molecule has 4 aliphatic carbocycles. The van der Waals surface area contributed by atoms with Crippen molar-refractivity contribution in [1.29, 1.82) is 0 Å². The van der Waals surface area contributed by atoms with Crippen LogP contribution in [0.25, 0.3) is 0 Å². The molecular weight excluding hydrogens is 423 g/mol. The Morgan fingerprint density at radius 3 is 2.65 bits per heavy atom. The predicted molar refractivity (Wildman–Crippen MR) is 113 cm³/mol. The van der Waals surface area contributed by atoms with Gasteiger partial charge in [0.25, 0.3) is 0 Å². The van der Waals surface area contributed by atoms with Crippen molar-refractivity contribution in [2.45, 2.75) is 76.7 Å². The number of hydrogen-bond acceptors (Lipinski definition) is 5. The van der Waals surface area contributed by atoms with E-state index in [-0.39, 0.29) is 42.6 Å². The minimum atomic E-state index is -1.98. The highest BCUT2D eigenvalue weighted by Crippen LogP contribution is 2.70. The molecular formula is C24H30ClFO5. The Balaban J connectivity index is 1.81. The number of carbonyl (C=O) groups excluding carboxylic acids is 3. The highest BCUT2D eigenvalue weighted by Gasteiger charge is 2.75. The molecule has 0 spiro atoms. The summed E-state index contributed by atoms with van der Waals surface area (Å²) < 4.78 is 22.9. The topological polar surface area (TPSA) is 80.7 Å². The summed E-state index contributed by atoms with van der Waals surface area (Å²) in [6.07, 6.45) is 4.99. The second kappa shape index (κ2) is 7.24. The Kier molecular flexibility index (Phi) is 5.29. The van der Waals surface area contributed by atoms with Crippen LogP contribution < -0.4 is 0 Å². The van der Waals surface area contributed by atoms with Crippen LogP contribution in [-0.2, 0) is 19.1 Å². The van der Waals surface area contributed by atoms with Gasteiger partial charge in [-0.25, -0.2) is 4.39 Å². The first-order valence-corrected chi connectivity index (χ1v) is 11.7. The van der Waals surface area contributed by atoms with Crippen LogP contribution in [0.1, 0.15) is 59.3 Å². The fraction of sp³-hybridized carbons (Fsp3) is 0.708. The summed E-state index contributed by atoms with van der Waals surface area (Å²) in [5.41, 5.74) is -4.74. The largest absolute Gasteiger partial charge is 0.450 e. The van der Waals surface area contributed by atoms with Crippen LogP contribution in [0.3, 0.4) is 0 Å². The van der Waals surface area contributed by atoms with Gasteiger partial charge in [-0.2, -0.15) is 0 Å². The molecule has 0 aromatic heterocycles. The molecule has 0 aromatic carbocycles. The molecule has 7 atom stereocenters. The number of carbonyl (C=O) groups is 3. The zero-order valence-corrected chi connectivity index (χ0v) is 19.0. The van der Waals surface area contributed by atoms with Crippen molar-refractivity contribution in [3.05, 3.63) is 23.8 Å². The molecule has 3 saturated carbocycles. The van der Waals surface area contributed by atoms with Gasteiger partial charge in [0.05, 0.1) is 12.0 Å². The quantitative estimate of drug-likeness (QED) is 0.517. The molecule has 0 amide bonds. The monoisotopic (exact) mass is 452 g/mol. The highest BCUT2D eigenvalue weighted by molar-refractivity contribution is 6.29. The van der Waals surface area contributed by atoms with Crippen LogP contribution in [-0.4, -0.2) is 45.9 Å². The first-order chi connectivity index (χ1) is 14.5. The number of ketones is 2. The Morgan fingerprint density at radius 1 is 1.29 bits per heavy atom. The minimum absolute atomic E-state index is 0.0189. The van der Waals surface area contributed by atoms with Crippen molar-refractivity contribution in [2.75, 3.05) is 5.88 Å². The Hall–Kier alpha value is -1.53. The van der Waals surface area contributed by atoms with Crippen molar-refractivity contribution in [3.8, 4) is 0 Å². The number of fused-ring (bicyclic) bond motifs is 5. The third kappa shape index (κ3) is 2.73. The average Bonchev–Trinajstić information content (AvgIpc) is 3.01.